The molecule has 0 unspecified atom stereocenters. The van der Waals surface area contributed by atoms with E-state index in [9.17, 15) is 0 Å². The maximum Gasteiger partial charge on any atom is 0.127 e. The molecule has 0 fully saturated rings. The van der Waals surface area contributed by atoms with Crippen LogP contribution in [0.5, 0.6) is 0 Å². The predicted molar refractivity (Wildman–Crippen MR) is 134 cm³/mol. The minimum absolute atomic E-state index is 1.19. The summed E-state index contributed by atoms with van der Waals surface area (Å²) in [5.41, 5.74) is 0. The first-order valence-corrected chi connectivity index (χ1v) is 16.0. The summed E-state index contributed by atoms with van der Waals surface area (Å²) >= 11 is 0. The van der Waals surface area contributed by atoms with Crippen LogP contribution in [0, 0.1) is 0 Å². The van der Waals surface area contributed by atoms with Gasteiger partial charge in [-0.05, 0) is 44.1 Å². The zero-order chi connectivity index (χ0) is 20.9. The van der Waals surface area contributed by atoms with Crippen molar-refractivity contribution in [1.82, 2.24) is 4.57 Å². The topological polar surface area (TPSA) is 3.24 Å². The van der Waals surface area contributed by atoms with E-state index in [-0.39, 0.29) is 0 Å². The van der Waals surface area contributed by atoms with Crippen molar-refractivity contribution in [2.75, 3.05) is 13.1 Å². The molecular weight excluding hydrogens is 354 g/mol. The van der Waals surface area contributed by atoms with Crippen LogP contribution in [0.1, 0.15) is 137 Å². The van der Waals surface area contributed by atoms with Crippen LogP contribution >= 0.6 is 0 Å². The van der Waals surface area contributed by atoms with Gasteiger partial charge in [-0.2, -0.15) is 0 Å². The lowest BCUT2D eigenvalue weighted by atomic mass is 10.1. The summed E-state index contributed by atoms with van der Waals surface area (Å²) in [6.07, 6.45) is 23.1. The van der Waals surface area contributed by atoms with E-state index in [1.54, 1.807) is 0 Å². The Morgan fingerprint density at radius 3 is 0.964 bits per heavy atom. The summed E-state index contributed by atoms with van der Waals surface area (Å²) in [7, 11) is -1.19. The number of hydrogen-bond donors (Lipinski definition) is 0. The number of hydrogen-bond acceptors (Lipinski definition) is 1. The molecule has 2 heteroatoms. The summed E-state index contributed by atoms with van der Waals surface area (Å²) in [6.45, 7) is 14.9. The van der Waals surface area contributed by atoms with E-state index in [4.69, 9.17) is 0 Å². The molecule has 0 amide bonds. The van der Waals surface area contributed by atoms with Crippen molar-refractivity contribution in [2.45, 2.75) is 155 Å². The second-order valence-corrected chi connectivity index (χ2v) is 14.4. The molecule has 0 aromatic rings. The normalized spacial score (nSPS) is 12.2. The minimum atomic E-state index is -1.19. The molecule has 28 heavy (non-hydrogen) atoms. The molecule has 0 aliphatic rings. The summed E-state index contributed by atoms with van der Waals surface area (Å²) < 4.78 is 3.04. The Kier molecular flexibility index (Phi) is 20.6. The largest absolute Gasteiger partial charge is 0.323 e. The lowest BCUT2D eigenvalue weighted by molar-refractivity contribution is 0.378. The van der Waals surface area contributed by atoms with Gasteiger partial charge in [0.05, 0.1) is 0 Å². The first-order valence-electron chi connectivity index (χ1n) is 13.5. The maximum absolute atomic E-state index is 3.04. The van der Waals surface area contributed by atoms with Crippen molar-refractivity contribution in [3.63, 3.8) is 0 Å². The average Bonchev–Trinajstić information content (AvgIpc) is 2.72. The van der Waals surface area contributed by atoms with Crippen LogP contribution in [0.3, 0.4) is 0 Å². The highest BCUT2D eigenvalue weighted by molar-refractivity contribution is 6.77. The minimum Gasteiger partial charge on any atom is -0.323 e. The predicted octanol–water partition coefficient (Wildman–Crippen LogP) is 9.57. The molecule has 0 aliphatic carbocycles. The van der Waals surface area contributed by atoms with Gasteiger partial charge in [0, 0.05) is 0 Å². The van der Waals surface area contributed by atoms with E-state index in [1.165, 1.54) is 134 Å². The van der Waals surface area contributed by atoms with Crippen LogP contribution < -0.4 is 0 Å². The summed E-state index contributed by atoms with van der Waals surface area (Å²) in [6, 6.07) is 4.36. The molecule has 0 aliphatic heterocycles. The third kappa shape index (κ3) is 13.4. The zero-order valence-corrected chi connectivity index (χ0v) is 21.8. The van der Waals surface area contributed by atoms with Crippen LogP contribution in [0.15, 0.2) is 0 Å². The molecule has 0 rings (SSSR count). The van der Waals surface area contributed by atoms with E-state index in [0.717, 1.165) is 0 Å². The Morgan fingerprint density at radius 1 is 0.393 bits per heavy atom. The standard InChI is InChI=1S/C26H57NSi/c1-6-11-13-15-17-19-21-23-25-27(28(8-3,9-4)10-5)26-24-22-20-18-16-14-12-7-2/h6-26H2,1-5H3. The third-order valence-electron chi connectivity index (χ3n) is 7.21. The first-order chi connectivity index (χ1) is 13.7. The van der Waals surface area contributed by atoms with Gasteiger partial charge in [0.25, 0.3) is 0 Å². The van der Waals surface area contributed by atoms with Crippen LogP contribution in [-0.4, -0.2) is 25.9 Å². The maximum atomic E-state index is 3.04. The van der Waals surface area contributed by atoms with Crippen molar-refractivity contribution < 1.29 is 0 Å². The highest BCUT2D eigenvalue weighted by atomic mass is 28.3. The molecule has 0 bridgehead atoms. The molecule has 0 heterocycles. The van der Waals surface area contributed by atoms with Crippen LogP contribution in [0.25, 0.3) is 0 Å². The number of unbranched alkanes of at least 4 members (excludes halogenated alkanes) is 14. The summed E-state index contributed by atoms with van der Waals surface area (Å²) in [5.74, 6) is 0. The number of rotatable bonds is 22. The highest BCUT2D eigenvalue weighted by Crippen LogP contribution is 2.26. The van der Waals surface area contributed by atoms with Crippen LogP contribution in [0.4, 0.5) is 0 Å². The fourth-order valence-electron chi connectivity index (χ4n) is 4.88. The lowest BCUT2D eigenvalue weighted by Gasteiger charge is -2.41. The van der Waals surface area contributed by atoms with Gasteiger partial charge in [-0.3, -0.25) is 0 Å². The van der Waals surface area contributed by atoms with Gasteiger partial charge in [0.1, 0.15) is 8.24 Å². The Morgan fingerprint density at radius 2 is 0.679 bits per heavy atom. The van der Waals surface area contributed by atoms with E-state index >= 15 is 0 Å². The zero-order valence-electron chi connectivity index (χ0n) is 20.8. The van der Waals surface area contributed by atoms with Crippen molar-refractivity contribution in [3.05, 3.63) is 0 Å². The molecule has 0 saturated heterocycles. The molecule has 0 atom stereocenters. The van der Waals surface area contributed by atoms with E-state index in [2.05, 4.69) is 39.2 Å². The van der Waals surface area contributed by atoms with E-state index in [1.807, 2.05) is 0 Å². The molecule has 170 valence electrons. The number of nitrogens with zero attached hydrogens (tertiary/aromatic N) is 1. The fourth-order valence-corrected chi connectivity index (χ4v) is 8.99. The Hall–Kier alpha value is 0.177. The van der Waals surface area contributed by atoms with E-state index < -0.39 is 8.24 Å². The molecule has 1 nitrogen and oxygen atoms in total. The quantitative estimate of drug-likeness (QED) is 0.126. The monoisotopic (exact) mass is 411 g/mol. The smallest absolute Gasteiger partial charge is 0.127 e. The SMILES string of the molecule is CCCCCCCCCCN(CCCCCCCCCC)[Si](CC)(CC)CC. The van der Waals surface area contributed by atoms with Crippen molar-refractivity contribution in [3.8, 4) is 0 Å². The molecule has 0 saturated carbocycles. The molecule has 0 N–H and O–H groups in total. The Balaban J connectivity index is 4.16. The lowest BCUT2D eigenvalue weighted by Crippen LogP contribution is -2.52. The van der Waals surface area contributed by atoms with Gasteiger partial charge in [-0.15, -0.1) is 0 Å². The van der Waals surface area contributed by atoms with Gasteiger partial charge in [0.2, 0.25) is 0 Å². The van der Waals surface area contributed by atoms with Gasteiger partial charge in [0.15, 0.2) is 0 Å². The van der Waals surface area contributed by atoms with Crippen LogP contribution in [0.2, 0.25) is 18.1 Å². The van der Waals surface area contributed by atoms with Crippen molar-refractivity contribution in [2.24, 2.45) is 0 Å². The third-order valence-corrected chi connectivity index (χ3v) is 12.9. The molecule has 0 aromatic carbocycles. The summed E-state index contributed by atoms with van der Waals surface area (Å²) in [4.78, 5) is 0. The second kappa shape index (κ2) is 20.4. The van der Waals surface area contributed by atoms with Crippen molar-refractivity contribution in [1.29, 1.82) is 0 Å². The first kappa shape index (κ1) is 28.2. The average molecular weight is 412 g/mol. The van der Waals surface area contributed by atoms with Gasteiger partial charge < -0.3 is 4.57 Å². The summed E-state index contributed by atoms with van der Waals surface area (Å²) in [5, 5.41) is 0. The molecule has 0 spiro atoms. The van der Waals surface area contributed by atoms with E-state index in [0.29, 0.717) is 0 Å². The van der Waals surface area contributed by atoms with Gasteiger partial charge >= 0.3 is 0 Å². The Labute approximate surface area is 181 Å². The molecule has 0 aromatic heterocycles. The van der Waals surface area contributed by atoms with Crippen LogP contribution in [-0.2, 0) is 0 Å². The van der Waals surface area contributed by atoms with Gasteiger partial charge in [-0.1, -0.05) is 125 Å². The van der Waals surface area contributed by atoms with Crippen molar-refractivity contribution >= 4 is 8.24 Å². The highest BCUT2D eigenvalue weighted by Gasteiger charge is 2.33. The molecule has 0 radical (unpaired) electrons. The fraction of sp³-hybridized carbons (Fsp3) is 1.00. The molecular formula is C26H57NSi. The van der Waals surface area contributed by atoms with Gasteiger partial charge in [-0.25, -0.2) is 0 Å². The Bertz CT molecular complexity index is 273. The second-order valence-electron chi connectivity index (χ2n) is 9.22.